The second-order valence-electron chi connectivity index (χ2n) is 3.09. The molecule has 8 heteroatoms. The number of carboxylic acid groups (broad SMARTS) is 1. The lowest BCUT2D eigenvalue weighted by Crippen LogP contribution is -2.18. The van der Waals surface area contributed by atoms with Crippen LogP contribution in [0.25, 0.3) is 0 Å². The summed E-state index contributed by atoms with van der Waals surface area (Å²) in [5.74, 6) is -1.38. The van der Waals surface area contributed by atoms with E-state index < -0.39 is 25.5 Å². The van der Waals surface area contributed by atoms with E-state index in [0.717, 1.165) is 0 Å². The molecule has 0 unspecified atom stereocenters. The minimum absolute atomic E-state index is 0.110. The average Bonchev–Trinajstić information content (AvgIpc) is 2.22. The lowest BCUT2D eigenvalue weighted by Gasteiger charge is -2.11. The molecule has 1 aromatic rings. The van der Waals surface area contributed by atoms with Crippen LogP contribution in [0.3, 0.4) is 0 Å². The Morgan fingerprint density at radius 3 is 2.56 bits per heavy atom. The number of halogens is 4. The number of aromatic carboxylic acids is 1. The third kappa shape index (κ3) is 4.80. The van der Waals surface area contributed by atoms with E-state index in [1.54, 1.807) is 0 Å². The third-order valence-corrected chi connectivity index (χ3v) is 2.02. The van der Waals surface area contributed by atoms with Gasteiger partial charge in [-0.05, 0) is 18.2 Å². The Morgan fingerprint density at radius 2 is 2.00 bits per heavy atom. The summed E-state index contributed by atoms with van der Waals surface area (Å²) in [4.78, 5) is 10.8. The second-order valence-corrected chi connectivity index (χ2v) is 3.52. The van der Waals surface area contributed by atoms with E-state index in [1.165, 1.54) is 18.2 Å². The van der Waals surface area contributed by atoms with E-state index in [-0.39, 0.29) is 16.3 Å². The number of carbonyl (C=O) groups is 1. The van der Waals surface area contributed by atoms with Gasteiger partial charge in [0.25, 0.3) is 0 Å². The number of alkyl halides is 3. The van der Waals surface area contributed by atoms with Crippen molar-refractivity contribution < 1.29 is 32.5 Å². The van der Waals surface area contributed by atoms with Gasteiger partial charge in [0, 0.05) is 5.02 Å². The summed E-state index contributed by atoms with van der Waals surface area (Å²) in [6.45, 7) is -1.19. The SMILES string of the molecule is O=C(O)c1ccc(Cl)cc1OCCOC(F)(F)F. The Balaban J connectivity index is 2.61. The zero-order chi connectivity index (χ0) is 13.8. The Morgan fingerprint density at radius 1 is 1.33 bits per heavy atom. The fourth-order valence-corrected chi connectivity index (χ4v) is 1.26. The highest BCUT2D eigenvalue weighted by Gasteiger charge is 2.28. The first-order chi connectivity index (χ1) is 8.29. The van der Waals surface area contributed by atoms with Crippen molar-refractivity contribution in [3.63, 3.8) is 0 Å². The number of hydrogen-bond acceptors (Lipinski definition) is 3. The van der Waals surface area contributed by atoms with Crippen LogP contribution in [0.2, 0.25) is 5.02 Å². The molecule has 0 fully saturated rings. The smallest absolute Gasteiger partial charge is 0.490 e. The number of benzene rings is 1. The highest BCUT2D eigenvalue weighted by Crippen LogP contribution is 2.23. The van der Waals surface area contributed by atoms with Gasteiger partial charge >= 0.3 is 12.3 Å². The van der Waals surface area contributed by atoms with E-state index in [1.807, 2.05) is 0 Å². The molecule has 0 aliphatic heterocycles. The molecule has 0 amide bonds. The van der Waals surface area contributed by atoms with Gasteiger partial charge in [0.15, 0.2) is 0 Å². The van der Waals surface area contributed by atoms with Crippen LogP contribution in [0, 0.1) is 0 Å². The van der Waals surface area contributed by atoms with Crippen molar-refractivity contribution in [2.75, 3.05) is 13.2 Å². The maximum absolute atomic E-state index is 11.7. The molecule has 0 bridgehead atoms. The topological polar surface area (TPSA) is 55.8 Å². The molecular formula is C10H8ClF3O4. The number of carboxylic acids is 1. The van der Waals surface area contributed by atoms with E-state index in [0.29, 0.717) is 0 Å². The summed E-state index contributed by atoms with van der Waals surface area (Å²) in [6.07, 6.45) is -4.74. The van der Waals surface area contributed by atoms with E-state index >= 15 is 0 Å². The molecule has 0 atom stereocenters. The number of ether oxygens (including phenoxy) is 2. The Kier molecular flexibility index (Phi) is 4.80. The summed E-state index contributed by atoms with van der Waals surface area (Å²) >= 11 is 5.62. The van der Waals surface area contributed by atoms with E-state index in [4.69, 9.17) is 21.4 Å². The average molecular weight is 285 g/mol. The van der Waals surface area contributed by atoms with Crippen molar-refractivity contribution >= 4 is 17.6 Å². The van der Waals surface area contributed by atoms with Crippen molar-refractivity contribution in [3.05, 3.63) is 28.8 Å². The summed E-state index contributed by atoms with van der Waals surface area (Å²) < 4.78 is 43.3. The molecule has 0 saturated heterocycles. The van der Waals surface area contributed by atoms with Crippen LogP contribution in [0.15, 0.2) is 18.2 Å². The van der Waals surface area contributed by atoms with Crippen molar-refractivity contribution in [2.45, 2.75) is 6.36 Å². The zero-order valence-corrected chi connectivity index (χ0v) is 9.59. The normalized spacial score (nSPS) is 11.3. The van der Waals surface area contributed by atoms with Crippen LogP contribution in [0.1, 0.15) is 10.4 Å². The molecule has 1 rings (SSSR count). The number of rotatable bonds is 5. The molecule has 0 aromatic heterocycles. The van der Waals surface area contributed by atoms with Crippen LogP contribution >= 0.6 is 11.6 Å². The molecular weight excluding hydrogens is 277 g/mol. The molecule has 0 saturated carbocycles. The monoisotopic (exact) mass is 284 g/mol. The molecule has 1 N–H and O–H groups in total. The molecule has 18 heavy (non-hydrogen) atoms. The fraction of sp³-hybridized carbons (Fsp3) is 0.300. The van der Waals surface area contributed by atoms with Gasteiger partial charge in [-0.2, -0.15) is 0 Å². The van der Waals surface area contributed by atoms with Crippen molar-refractivity contribution in [1.29, 1.82) is 0 Å². The highest BCUT2D eigenvalue weighted by atomic mass is 35.5. The van der Waals surface area contributed by atoms with Crippen molar-refractivity contribution in [1.82, 2.24) is 0 Å². The van der Waals surface area contributed by atoms with Crippen molar-refractivity contribution in [3.8, 4) is 5.75 Å². The second kappa shape index (κ2) is 5.92. The maximum Gasteiger partial charge on any atom is 0.522 e. The van der Waals surface area contributed by atoms with E-state index in [2.05, 4.69) is 4.74 Å². The quantitative estimate of drug-likeness (QED) is 0.845. The Bertz CT molecular complexity index is 434. The summed E-state index contributed by atoms with van der Waals surface area (Å²) in [7, 11) is 0. The van der Waals surface area contributed by atoms with Gasteiger partial charge in [-0.25, -0.2) is 4.79 Å². The standard InChI is InChI=1S/C10H8ClF3O4/c11-6-1-2-7(9(15)16)8(5-6)17-3-4-18-10(12,13)14/h1-2,5H,3-4H2,(H,15,16). The van der Waals surface area contributed by atoms with Crippen LogP contribution in [-0.2, 0) is 4.74 Å². The van der Waals surface area contributed by atoms with Crippen LogP contribution in [0.4, 0.5) is 13.2 Å². The van der Waals surface area contributed by atoms with Crippen LogP contribution in [-0.4, -0.2) is 30.7 Å². The maximum atomic E-state index is 11.7. The van der Waals surface area contributed by atoms with Gasteiger partial charge in [-0.3, -0.25) is 4.74 Å². The first-order valence-electron chi connectivity index (χ1n) is 4.66. The Labute approximate surface area is 105 Å². The van der Waals surface area contributed by atoms with Gasteiger partial charge < -0.3 is 9.84 Å². The van der Waals surface area contributed by atoms with Gasteiger partial charge in [0.1, 0.15) is 17.9 Å². The number of hydrogen-bond donors (Lipinski definition) is 1. The van der Waals surface area contributed by atoms with Crippen molar-refractivity contribution in [2.24, 2.45) is 0 Å². The molecule has 0 spiro atoms. The molecule has 0 aliphatic carbocycles. The van der Waals surface area contributed by atoms with Crippen LogP contribution < -0.4 is 4.74 Å². The summed E-state index contributed by atoms with van der Waals surface area (Å²) in [6, 6.07) is 3.74. The molecule has 0 heterocycles. The highest BCUT2D eigenvalue weighted by molar-refractivity contribution is 6.30. The largest absolute Gasteiger partial charge is 0.522 e. The van der Waals surface area contributed by atoms with Gasteiger partial charge in [0.2, 0.25) is 0 Å². The molecule has 4 nitrogen and oxygen atoms in total. The lowest BCUT2D eigenvalue weighted by atomic mass is 10.2. The van der Waals surface area contributed by atoms with Crippen LogP contribution in [0.5, 0.6) is 5.75 Å². The third-order valence-electron chi connectivity index (χ3n) is 1.78. The predicted octanol–water partition coefficient (Wildman–Crippen LogP) is 2.95. The Hall–Kier alpha value is -1.47. The first-order valence-corrected chi connectivity index (χ1v) is 5.04. The van der Waals surface area contributed by atoms with E-state index in [9.17, 15) is 18.0 Å². The minimum Gasteiger partial charge on any atom is -0.490 e. The molecule has 1 aromatic carbocycles. The fourth-order valence-electron chi connectivity index (χ4n) is 1.10. The van der Waals surface area contributed by atoms with Gasteiger partial charge in [-0.1, -0.05) is 11.6 Å². The summed E-state index contributed by atoms with van der Waals surface area (Å²) in [5.41, 5.74) is -0.189. The first kappa shape index (κ1) is 14.6. The molecule has 100 valence electrons. The molecule has 0 radical (unpaired) electrons. The zero-order valence-electron chi connectivity index (χ0n) is 8.83. The van der Waals surface area contributed by atoms with Gasteiger partial charge in [-0.15, -0.1) is 13.2 Å². The molecule has 0 aliphatic rings. The predicted molar refractivity (Wildman–Crippen MR) is 55.9 cm³/mol. The van der Waals surface area contributed by atoms with Gasteiger partial charge in [0.05, 0.1) is 6.61 Å². The lowest BCUT2D eigenvalue weighted by molar-refractivity contribution is -0.325. The minimum atomic E-state index is -4.74. The summed E-state index contributed by atoms with van der Waals surface area (Å²) in [5, 5.41) is 9.02.